The highest BCUT2D eigenvalue weighted by Crippen LogP contribution is 2.39. The quantitative estimate of drug-likeness (QED) is 0.448. The van der Waals surface area contributed by atoms with Gasteiger partial charge in [-0.3, -0.25) is 4.79 Å². The molecule has 0 saturated heterocycles. The molecule has 0 aromatic heterocycles. The molecule has 0 aliphatic carbocycles. The molecule has 3 heteroatoms. The number of esters is 1. The molecule has 2 aromatic rings. The van der Waals surface area contributed by atoms with Crippen LogP contribution in [0.5, 0.6) is 0 Å². The number of carbonyl (C=O) groups is 1. The first-order valence-electron chi connectivity index (χ1n) is 9.13. The lowest BCUT2D eigenvalue weighted by atomic mass is 10.1. The van der Waals surface area contributed by atoms with E-state index < -0.39 is 8.07 Å². The van der Waals surface area contributed by atoms with E-state index in [1.54, 1.807) is 0 Å². The highest BCUT2D eigenvalue weighted by atomic mass is 28.3. The van der Waals surface area contributed by atoms with E-state index in [-0.39, 0.29) is 17.6 Å². The minimum atomic E-state index is -2.07. The van der Waals surface area contributed by atoms with Gasteiger partial charge in [0, 0.05) is 12.5 Å². The summed E-state index contributed by atoms with van der Waals surface area (Å²) in [5.41, 5.74) is 0.279. The van der Waals surface area contributed by atoms with Gasteiger partial charge < -0.3 is 4.74 Å². The zero-order valence-electron chi connectivity index (χ0n) is 15.0. The molecule has 2 aromatic carbocycles. The molecule has 0 fully saturated rings. The lowest BCUT2D eigenvalue weighted by molar-refractivity contribution is -0.146. The molecule has 0 radical (unpaired) electrons. The van der Waals surface area contributed by atoms with Gasteiger partial charge in [-0.1, -0.05) is 96.5 Å². The second-order valence-corrected chi connectivity index (χ2v) is 11.0. The molecule has 0 N–H and O–H groups in total. The molecule has 1 aliphatic heterocycles. The van der Waals surface area contributed by atoms with Gasteiger partial charge >= 0.3 is 5.97 Å². The first-order chi connectivity index (χ1) is 12.2. The molecule has 0 spiro atoms. The van der Waals surface area contributed by atoms with E-state index in [4.69, 9.17) is 4.74 Å². The molecule has 1 aliphatic rings. The molecule has 0 bridgehead atoms. The fourth-order valence-corrected chi connectivity index (χ4v) is 9.47. The van der Waals surface area contributed by atoms with Gasteiger partial charge in [0.1, 0.15) is 14.2 Å². The van der Waals surface area contributed by atoms with Gasteiger partial charge in [-0.15, -0.1) is 0 Å². The third-order valence-corrected chi connectivity index (χ3v) is 10.5. The molecule has 2 atom stereocenters. The van der Waals surface area contributed by atoms with E-state index in [1.165, 1.54) is 17.3 Å². The summed E-state index contributed by atoms with van der Waals surface area (Å²) >= 11 is 0. The second-order valence-electron chi connectivity index (χ2n) is 6.80. The lowest BCUT2D eigenvalue weighted by Gasteiger charge is -2.38. The van der Waals surface area contributed by atoms with Crippen LogP contribution in [0.1, 0.15) is 26.7 Å². The first-order valence-corrected chi connectivity index (χ1v) is 11.4. The maximum absolute atomic E-state index is 11.7. The van der Waals surface area contributed by atoms with Gasteiger partial charge in [0.2, 0.25) is 0 Å². The largest absolute Gasteiger partial charge is 0.462 e. The number of hydrogen-bond donors (Lipinski definition) is 0. The van der Waals surface area contributed by atoms with Crippen molar-refractivity contribution in [1.29, 1.82) is 0 Å². The fourth-order valence-electron chi connectivity index (χ4n) is 4.21. The van der Waals surface area contributed by atoms with Gasteiger partial charge in [-0.05, 0) is 12.5 Å². The smallest absolute Gasteiger partial charge is 0.302 e. The normalized spacial score (nSPS) is 19.5. The van der Waals surface area contributed by atoms with Crippen LogP contribution in [0, 0.1) is 0 Å². The van der Waals surface area contributed by atoms with Gasteiger partial charge in [0.25, 0.3) is 0 Å². The maximum Gasteiger partial charge on any atom is 0.302 e. The van der Waals surface area contributed by atoms with Crippen LogP contribution in [0.2, 0.25) is 11.6 Å². The van der Waals surface area contributed by atoms with E-state index in [0.717, 1.165) is 18.9 Å². The van der Waals surface area contributed by atoms with Crippen LogP contribution in [-0.4, -0.2) is 20.1 Å². The molecule has 0 unspecified atom stereocenters. The van der Waals surface area contributed by atoms with Crippen LogP contribution >= 0.6 is 0 Å². The Bertz CT molecular complexity index is 685. The Labute approximate surface area is 151 Å². The standard InChI is InChI=1S/C22H26O2Si/c1-3-11-21(24-18(2)23)22-16-10-17-25(22,19-12-6-4-7-13-19)20-14-8-5-9-15-20/h4-10,12-16,21-22H,3,11,17H2,1-2H3/t21-,22+/m1/s1. The van der Waals surface area contributed by atoms with E-state index >= 15 is 0 Å². The zero-order valence-corrected chi connectivity index (χ0v) is 16.0. The van der Waals surface area contributed by atoms with Crippen molar-refractivity contribution in [3.63, 3.8) is 0 Å². The van der Waals surface area contributed by atoms with E-state index in [9.17, 15) is 4.79 Å². The number of benzene rings is 2. The van der Waals surface area contributed by atoms with E-state index in [2.05, 4.69) is 79.7 Å². The van der Waals surface area contributed by atoms with Crippen molar-refractivity contribution in [2.75, 3.05) is 0 Å². The Balaban J connectivity index is 2.12. The zero-order chi connectivity index (χ0) is 17.7. The van der Waals surface area contributed by atoms with Crippen molar-refractivity contribution >= 4 is 24.4 Å². The predicted molar refractivity (Wildman–Crippen MR) is 106 cm³/mol. The molecule has 1 heterocycles. The monoisotopic (exact) mass is 350 g/mol. The Morgan fingerprint density at radius 1 is 1.08 bits per heavy atom. The molecule has 0 amide bonds. The van der Waals surface area contributed by atoms with Gasteiger partial charge in [0.15, 0.2) is 0 Å². The van der Waals surface area contributed by atoms with Crippen molar-refractivity contribution < 1.29 is 9.53 Å². The van der Waals surface area contributed by atoms with Crippen molar-refractivity contribution in [3.8, 4) is 0 Å². The predicted octanol–water partition coefficient (Wildman–Crippen LogP) is 3.92. The molecule has 25 heavy (non-hydrogen) atoms. The van der Waals surface area contributed by atoms with E-state index in [0.29, 0.717) is 0 Å². The number of ether oxygens (including phenoxy) is 1. The summed E-state index contributed by atoms with van der Waals surface area (Å²) in [5.74, 6) is -0.178. The molecular weight excluding hydrogens is 324 g/mol. The van der Waals surface area contributed by atoms with Crippen LogP contribution < -0.4 is 10.4 Å². The van der Waals surface area contributed by atoms with Crippen molar-refractivity contribution in [1.82, 2.24) is 0 Å². The third-order valence-electron chi connectivity index (χ3n) is 5.22. The number of allylic oxidation sites excluding steroid dienone is 1. The van der Waals surface area contributed by atoms with Gasteiger partial charge in [-0.2, -0.15) is 0 Å². The van der Waals surface area contributed by atoms with Crippen LogP contribution in [0.15, 0.2) is 72.8 Å². The minimum absolute atomic E-state index is 0.0478. The number of carbonyl (C=O) groups excluding carboxylic acids is 1. The Kier molecular flexibility index (Phi) is 5.54. The van der Waals surface area contributed by atoms with Gasteiger partial charge in [0.05, 0.1) is 0 Å². The average molecular weight is 351 g/mol. The topological polar surface area (TPSA) is 26.3 Å². The molecule has 130 valence electrons. The number of hydrogen-bond acceptors (Lipinski definition) is 2. The van der Waals surface area contributed by atoms with Crippen LogP contribution in [0.25, 0.3) is 0 Å². The van der Waals surface area contributed by atoms with Crippen LogP contribution in [0.3, 0.4) is 0 Å². The van der Waals surface area contributed by atoms with Crippen molar-refractivity contribution in [2.45, 2.75) is 44.4 Å². The molecule has 0 saturated carbocycles. The third kappa shape index (κ3) is 3.47. The summed E-state index contributed by atoms with van der Waals surface area (Å²) in [6, 6.07) is 22.8. The molecule has 3 rings (SSSR count). The van der Waals surface area contributed by atoms with Crippen LogP contribution in [-0.2, 0) is 9.53 Å². The Morgan fingerprint density at radius 3 is 2.12 bits per heavy atom. The first kappa shape index (κ1) is 17.7. The lowest BCUT2D eigenvalue weighted by Crippen LogP contribution is -2.61. The molecule has 2 nitrogen and oxygen atoms in total. The summed E-state index contributed by atoms with van der Waals surface area (Å²) in [4.78, 5) is 11.7. The van der Waals surface area contributed by atoms with Crippen LogP contribution in [0.4, 0.5) is 0 Å². The Morgan fingerprint density at radius 2 is 1.64 bits per heavy atom. The SMILES string of the molecule is CCC[C@@H](OC(C)=O)[C@@H]1C=CC[Si]1(c1ccccc1)c1ccccc1. The van der Waals surface area contributed by atoms with Crippen molar-refractivity contribution in [2.24, 2.45) is 0 Å². The molecular formula is C22H26O2Si. The second kappa shape index (κ2) is 7.83. The van der Waals surface area contributed by atoms with Gasteiger partial charge in [-0.25, -0.2) is 0 Å². The minimum Gasteiger partial charge on any atom is -0.462 e. The summed E-state index contributed by atoms with van der Waals surface area (Å²) in [7, 11) is -2.07. The summed E-state index contributed by atoms with van der Waals surface area (Å²) < 4.78 is 5.82. The number of rotatable bonds is 6. The summed E-state index contributed by atoms with van der Waals surface area (Å²) in [6.45, 7) is 3.68. The Hall–Kier alpha value is -2.13. The van der Waals surface area contributed by atoms with Crippen molar-refractivity contribution in [3.05, 3.63) is 72.8 Å². The highest BCUT2D eigenvalue weighted by Gasteiger charge is 2.49. The average Bonchev–Trinajstić information content (AvgIpc) is 3.08. The maximum atomic E-state index is 11.7. The summed E-state index contributed by atoms with van der Waals surface area (Å²) in [5, 5.41) is 2.84. The van der Waals surface area contributed by atoms with E-state index in [1.807, 2.05) is 0 Å². The highest BCUT2D eigenvalue weighted by molar-refractivity contribution is 7.04. The fraction of sp³-hybridized carbons (Fsp3) is 0.318. The summed E-state index contributed by atoms with van der Waals surface area (Å²) in [6.07, 6.45) is 6.49.